The fourth-order valence-electron chi connectivity index (χ4n) is 2.14. The van der Waals surface area contributed by atoms with Crippen LogP contribution in [0.3, 0.4) is 0 Å². The van der Waals surface area contributed by atoms with Crippen LogP contribution in [0.15, 0.2) is 24.3 Å². The van der Waals surface area contributed by atoms with Gasteiger partial charge >= 0.3 is 0 Å². The number of fused-ring (bicyclic) bond motifs is 1. The lowest BCUT2D eigenvalue weighted by molar-refractivity contribution is -0.118. The van der Waals surface area contributed by atoms with Crippen molar-refractivity contribution < 1.29 is 4.79 Å². The van der Waals surface area contributed by atoms with Gasteiger partial charge < -0.3 is 10.6 Å². The minimum absolute atomic E-state index is 0. The molecule has 0 radical (unpaired) electrons. The summed E-state index contributed by atoms with van der Waals surface area (Å²) in [5, 5.41) is 0. The van der Waals surface area contributed by atoms with Crippen LogP contribution in [0.1, 0.15) is 24.3 Å². The predicted octanol–water partition coefficient (Wildman–Crippen LogP) is 1.91. The van der Waals surface area contributed by atoms with Crippen molar-refractivity contribution in [3.63, 3.8) is 0 Å². The van der Waals surface area contributed by atoms with Crippen molar-refractivity contribution in [1.82, 2.24) is 0 Å². The number of anilines is 1. The van der Waals surface area contributed by atoms with Crippen LogP contribution >= 0.6 is 12.4 Å². The number of halogens is 1. The van der Waals surface area contributed by atoms with Gasteiger partial charge in [-0.15, -0.1) is 12.4 Å². The number of nitrogens with zero attached hydrogens (tertiary/aromatic N) is 1. The number of nitrogens with two attached hydrogens (primary N) is 1. The Labute approximate surface area is 102 Å². The molecule has 3 nitrogen and oxygen atoms in total. The Morgan fingerprint density at radius 3 is 2.81 bits per heavy atom. The summed E-state index contributed by atoms with van der Waals surface area (Å²) < 4.78 is 0. The van der Waals surface area contributed by atoms with Gasteiger partial charge in [-0.1, -0.05) is 18.2 Å². The second-order valence-corrected chi connectivity index (χ2v) is 3.98. The largest absolute Gasteiger partial charge is 0.330 e. The first kappa shape index (κ1) is 13.0. The summed E-state index contributed by atoms with van der Waals surface area (Å²) in [5.74, 6) is 0.494. The lowest BCUT2D eigenvalue weighted by Gasteiger charge is -2.19. The van der Waals surface area contributed by atoms with E-state index in [0.29, 0.717) is 18.9 Å². The van der Waals surface area contributed by atoms with E-state index >= 15 is 0 Å². The van der Waals surface area contributed by atoms with Gasteiger partial charge in [0.15, 0.2) is 0 Å². The fraction of sp³-hybridized carbons (Fsp3) is 0.417. The Morgan fingerprint density at radius 2 is 2.12 bits per heavy atom. The molecule has 2 N–H and O–H groups in total. The van der Waals surface area contributed by atoms with E-state index in [0.717, 1.165) is 12.1 Å². The molecule has 0 saturated carbocycles. The van der Waals surface area contributed by atoms with Crippen LogP contribution in [0.25, 0.3) is 0 Å². The topological polar surface area (TPSA) is 46.3 Å². The number of hydrogen-bond donors (Lipinski definition) is 1. The van der Waals surface area contributed by atoms with E-state index in [1.54, 1.807) is 4.90 Å². The van der Waals surface area contributed by atoms with Crippen LogP contribution in [0.5, 0.6) is 0 Å². The van der Waals surface area contributed by atoms with E-state index in [2.05, 4.69) is 6.07 Å². The third-order valence-corrected chi connectivity index (χ3v) is 3.10. The van der Waals surface area contributed by atoms with Crippen molar-refractivity contribution in [2.75, 3.05) is 18.5 Å². The first-order valence-corrected chi connectivity index (χ1v) is 5.29. The zero-order valence-corrected chi connectivity index (χ0v) is 10.2. The van der Waals surface area contributed by atoms with Crippen molar-refractivity contribution in [2.45, 2.75) is 18.8 Å². The summed E-state index contributed by atoms with van der Waals surface area (Å²) in [6.45, 7) is 0.609. The molecular formula is C12H17ClN2O. The molecule has 4 heteroatoms. The average molecular weight is 241 g/mol. The summed E-state index contributed by atoms with van der Waals surface area (Å²) in [4.78, 5) is 13.5. The highest BCUT2D eigenvalue weighted by Crippen LogP contribution is 2.33. The number of amides is 1. The number of benzene rings is 1. The number of rotatable bonds is 1. The first-order valence-electron chi connectivity index (χ1n) is 5.29. The Hall–Kier alpha value is -1.06. The lowest BCUT2D eigenvalue weighted by Crippen LogP contribution is -2.24. The highest BCUT2D eigenvalue weighted by atomic mass is 35.5. The minimum atomic E-state index is 0. The highest BCUT2D eigenvalue weighted by Gasteiger charge is 2.24. The van der Waals surface area contributed by atoms with Gasteiger partial charge in [-0.25, -0.2) is 0 Å². The van der Waals surface area contributed by atoms with Gasteiger partial charge in [-0.3, -0.25) is 4.79 Å². The predicted molar refractivity (Wildman–Crippen MR) is 68.1 cm³/mol. The molecule has 0 saturated heterocycles. The van der Waals surface area contributed by atoms with Crippen LogP contribution in [0.4, 0.5) is 5.69 Å². The quantitative estimate of drug-likeness (QED) is 0.815. The summed E-state index contributed by atoms with van der Waals surface area (Å²) in [7, 11) is 1.83. The monoisotopic (exact) mass is 240 g/mol. The van der Waals surface area contributed by atoms with Gasteiger partial charge in [0, 0.05) is 19.2 Å². The Morgan fingerprint density at radius 1 is 1.44 bits per heavy atom. The average Bonchev–Trinajstić information content (AvgIpc) is 2.39. The third-order valence-electron chi connectivity index (χ3n) is 3.10. The van der Waals surface area contributed by atoms with Gasteiger partial charge in [-0.05, 0) is 30.5 Å². The molecule has 1 amide bonds. The summed E-state index contributed by atoms with van der Waals surface area (Å²) in [6, 6.07) is 8.02. The van der Waals surface area contributed by atoms with Crippen molar-refractivity contribution >= 4 is 24.0 Å². The van der Waals surface area contributed by atoms with E-state index in [9.17, 15) is 4.79 Å². The zero-order chi connectivity index (χ0) is 10.8. The Kier molecular flexibility index (Phi) is 4.33. The SMILES string of the molecule is CN1C(=O)CCC(CN)c2ccccc21.Cl. The molecule has 1 aromatic rings. The maximum Gasteiger partial charge on any atom is 0.226 e. The molecule has 1 aliphatic rings. The molecule has 2 rings (SSSR count). The van der Waals surface area contributed by atoms with Gasteiger partial charge in [-0.2, -0.15) is 0 Å². The lowest BCUT2D eigenvalue weighted by atomic mass is 9.94. The maximum atomic E-state index is 11.7. The van der Waals surface area contributed by atoms with Gasteiger partial charge in [0.1, 0.15) is 0 Å². The van der Waals surface area contributed by atoms with Crippen LogP contribution in [-0.4, -0.2) is 19.5 Å². The maximum absolute atomic E-state index is 11.7. The molecule has 1 heterocycles. The standard InChI is InChI=1S/C12H16N2O.ClH/c1-14-11-5-3-2-4-10(11)9(8-13)6-7-12(14)15;/h2-5,9H,6-8,13H2,1H3;1H. The van der Waals surface area contributed by atoms with E-state index in [1.165, 1.54) is 5.56 Å². The van der Waals surface area contributed by atoms with E-state index in [4.69, 9.17) is 5.73 Å². The van der Waals surface area contributed by atoms with Crippen molar-refractivity contribution in [3.05, 3.63) is 29.8 Å². The van der Waals surface area contributed by atoms with Crippen molar-refractivity contribution in [1.29, 1.82) is 0 Å². The molecule has 1 aliphatic heterocycles. The summed E-state index contributed by atoms with van der Waals surface area (Å²) in [6.07, 6.45) is 1.45. The van der Waals surface area contributed by atoms with Gasteiger partial charge in [0.2, 0.25) is 5.91 Å². The van der Waals surface area contributed by atoms with Crippen LogP contribution < -0.4 is 10.6 Å². The van der Waals surface area contributed by atoms with E-state index in [-0.39, 0.29) is 18.3 Å². The number of para-hydroxylation sites is 1. The molecule has 0 bridgehead atoms. The molecule has 0 spiro atoms. The normalized spacial score (nSPS) is 19.8. The van der Waals surface area contributed by atoms with Crippen LogP contribution in [0.2, 0.25) is 0 Å². The summed E-state index contributed by atoms with van der Waals surface area (Å²) >= 11 is 0. The van der Waals surface area contributed by atoms with Crippen molar-refractivity contribution in [3.8, 4) is 0 Å². The number of carbonyl (C=O) groups is 1. The van der Waals surface area contributed by atoms with Gasteiger partial charge in [0.05, 0.1) is 0 Å². The molecular weight excluding hydrogens is 224 g/mol. The van der Waals surface area contributed by atoms with Gasteiger partial charge in [0.25, 0.3) is 0 Å². The fourth-order valence-corrected chi connectivity index (χ4v) is 2.14. The van der Waals surface area contributed by atoms with Crippen molar-refractivity contribution in [2.24, 2.45) is 5.73 Å². The molecule has 0 aromatic heterocycles. The Balaban J connectivity index is 0.00000128. The second-order valence-electron chi connectivity index (χ2n) is 3.98. The first-order chi connectivity index (χ1) is 7.24. The molecule has 1 unspecified atom stereocenters. The molecule has 1 aromatic carbocycles. The molecule has 88 valence electrons. The zero-order valence-electron chi connectivity index (χ0n) is 9.35. The molecule has 0 fully saturated rings. The van der Waals surface area contributed by atoms with E-state index in [1.807, 2.05) is 25.2 Å². The number of hydrogen-bond acceptors (Lipinski definition) is 2. The molecule has 0 aliphatic carbocycles. The Bertz CT molecular complexity index is 381. The number of carbonyl (C=O) groups excluding carboxylic acids is 1. The van der Waals surface area contributed by atoms with Crippen LogP contribution in [-0.2, 0) is 4.79 Å². The van der Waals surface area contributed by atoms with Crippen LogP contribution in [0, 0.1) is 0 Å². The molecule has 1 atom stereocenters. The smallest absolute Gasteiger partial charge is 0.226 e. The summed E-state index contributed by atoms with van der Waals surface area (Å²) in [5.41, 5.74) is 7.96. The third kappa shape index (κ3) is 2.20. The highest BCUT2D eigenvalue weighted by molar-refractivity contribution is 5.94. The minimum Gasteiger partial charge on any atom is -0.330 e. The molecule has 16 heavy (non-hydrogen) atoms. The van der Waals surface area contributed by atoms with E-state index < -0.39 is 0 Å². The second kappa shape index (κ2) is 5.32.